The smallest absolute Gasteiger partial charge is 0.0590 e. The molecule has 0 atom stereocenters. The lowest BCUT2D eigenvalue weighted by Gasteiger charge is -2.25. The van der Waals surface area contributed by atoms with Gasteiger partial charge in [-0.05, 0) is 53.6 Å². The van der Waals surface area contributed by atoms with Crippen molar-refractivity contribution in [3.05, 3.63) is 22.9 Å². The van der Waals surface area contributed by atoms with Gasteiger partial charge in [-0.3, -0.25) is 4.98 Å². The fraction of sp³-hybridized carbons (Fsp3) is 0.583. The van der Waals surface area contributed by atoms with E-state index in [2.05, 4.69) is 26.2 Å². The van der Waals surface area contributed by atoms with Crippen LogP contribution in [0.3, 0.4) is 0 Å². The molecule has 3 nitrogen and oxygen atoms in total. The molecule has 1 saturated carbocycles. The molecule has 1 aromatic rings. The van der Waals surface area contributed by atoms with Gasteiger partial charge in [-0.2, -0.15) is 0 Å². The highest BCUT2D eigenvalue weighted by atomic mass is 79.9. The Labute approximate surface area is 104 Å². The molecule has 1 aromatic heterocycles. The third kappa shape index (κ3) is 3.19. The van der Waals surface area contributed by atoms with E-state index in [4.69, 9.17) is 0 Å². The second kappa shape index (κ2) is 5.64. The zero-order valence-corrected chi connectivity index (χ0v) is 10.8. The van der Waals surface area contributed by atoms with Gasteiger partial charge in [0, 0.05) is 18.9 Å². The molecule has 0 unspecified atom stereocenters. The Kier molecular flexibility index (Phi) is 4.18. The molecule has 0 spiro atoms. The number of aliphatic hydroxyl groups is 1. The third-order valence-corrected chi connectivity index (χ3v) is 3.80. The minimum absolute atomic E-state index is 0.0658. The monoisotopic (exact) mass is 284 g/mol. The number of rotatable bonds is 3. The van der Waals surface area contributed by atoms with Crippen molar-refractivity contribution in [1.29, 1.82) is 0 Å². The minimum atomic E-state index is -0.0658. The number of nitrogens with zero attached hydrogens (tertiary/aromatic N) is 1. The molecule has 4 heteroatoms. The van der Waals surface area contributed by atoms with Gasteiger partial charge in [0.2, 0.25) is 0 Å². The predicted molar refractivity (Wildman–Crippen MR) is 68.4 cm³/mol. The van der Waals surface area contributed by atoms with Gasteiger partial charge in [0.05, 0.1) is 16.3 Å². The van der Waals surface area contributed by atoms with Crippen molar-refractivity contribution in [2.24, 2.45) is 5.92 Å². The van der Waals surface area contributed by atoms with Gasteiger partial charge in [0.25, 0.3) is 0 Å². The lowest BCUT2D eigenvalue weighted by molar-refractivity contribution is 0.111. The van der Waals surface area contributed by atoms with Crippen molar-refractivity contribution in [3.63, 3.8) is 0 Å². The zero-order chi connectivity index (χ0) is 11.4. The van der Waals surface area contributed by atoms with Crippen LogP contribution in [0.5, 0.6) is 0 Å². The zero-order valence-electron chi connectivity index (χ0n) is 9.19. The van der Waals surface area contributed by atoms with Gasteiger partial charge in [-0.1, -0.05) is 0 Å². The normalized spacial score (nSPS) is 25.4. The molecule has 1 aliphatic carbocycles. The van der Waals surface area contributed by atoms with Crippen LogP contribution in [-0.4, -0.2) is 22.7 Å². The summed E-state index contributed by atoms with van der Waals surface area (Å²) >= 11 is 3.47. The average Bonchev–Trinajstić information content (AvgIpc) is 2.30. The van der Waals surface area contributed by atoms with Gasteiger partial charge in [-0.15, -0.1) is 0 Å². The van der Waals surface area contributed by atoms with E-state index in [-0.39, 0.29) is 6.10 Å². The van der Waals surface area contributed by atoms with Crippen LogP contribution in [0.1, 0.15) is 25.7 Å². The van der Waals surface area contributed by atoms with Gasteiger partial charge < -0.3 is 10.4 Å². The predicted octanol–water partition coefficient (Wildman–Crippen LogP) is 2.81. The highest BCUT2D eigenvalue weighted by Gasteiger charge is 2.19. The Morgan fingerprint density at radius 2 is 2.12 bits per heavy atom. The quantitative estimate of drug-likeness (QED) is 0.897. The molecule has 0 amide bonds. The van der Waals surface area contributed by atoms with Crippen molar-refractivity contribution < 1.29 is 5.11 Å². The molecule has 2 N–H and O–H groups in total. The topological polar surface area (TPSA) is 45.1 Å². The first-order chi connectivity index (χ1) is 7.75. The van der Waals surface area contributed by atoms with Crippen LogP contribution in [0.4, 0.5) is 5.69 Å². The van der Waals surface area contributed by atoms with Crippen LogP contribution in [0.25, 0.3) is 0 Å². The van der Waals surface area contributed by atoms with Crippen molar-refractivity contribution in [1.82, 2.24) is 4.98 Å². The second-order valence-electron chi connectivity index (χ2n) is 4.41. The summed E-state index contributed by atoms with van der Waals surface area (Å²) in [5.41, 5.74) is 1.10. The van der Waals surface area contributed by atoms with Crippen LogP contribution < -0.4 is 5.32 Å². The van der Waals surface area contributed by atoms with E-state index in [1.165, 1.54) is 0 Å². The van der Waals surface area contributed by atoms with Crippen molar-refractivity contribution in [2.45, 2.75) is 31.8 Å². The fourth-order valence-electron chi connectivity index (χ4n) is 2.12. The summed E-state index contributed by atoms with van der Waals surface area (Å²) in [5.74, 6) is 0.684. The molecule has 0 radical (unpaired) electrons. The molecule has 0 saturated heterocycles. The Hall–Kier alpha value is -0.610. The maximum absolute atomic E-state index is 9.42. The molecule has 0 bridgehead atoms. The number of halogens is 1. The number of aromatic nitrogens is 1. The van der Waals surface area contributed by atoms with E-state index in [0.29, 0.717) is 5.92 Å². The lowest BCUT2D eigenvalue weighted by atomic mass is 9.87. The van der Waals surface area contributed by atoms with E-state index < -0.39 is 0 Å². The molecule has 1 aliphatic rings. The Morgan fingerprint density at radius 1 is 1.38 bits per heavy atom. The van der Waals surface area contributed by atoms with E-state index >= 15 is 0 Å². The number of pyridine rings is 1. The van der Waals surface area contributed by atoms with E-state index in [1.807, 2.05) is 6.07 Å². The third-order valence-electron chi connectivity index (χ3n) is 3.17. The SMILES string of the molecule is OC1CCC(CNc2ccncc2Br)CC1. The van der Waals surface area contributed by atoms with Crippen molar-refractivity contribution in [2.75, 3.05) is 11.9 Å². The first-order valence-electron chi connectivity index (χ1n) is 5.77. The van der Waals surface area contributed by atoms with Crippen LogP contribution in [0.2, 0.25) is 0 Å². The molecule has 2 rings (SSSR count). The number of hydrogen-bond donors (Lipinski definition) is 2. The first kappa shape index (κ1) is 11.9. The summed E-state index contributed by atoms with van der Waals surface area (Å²) in [6, 6.07) is 1.97. The van der Waals surface area contributed by atoms with E-state index in [9.17, 15) is 5.11 Å². The molecule has 0 aliphatic heterocycles. The summed E-state index contributed by atoms with van der Waals surface area (Å²) < 4.78 is 1.01. The lowest BCUT2D eigenvalue weighted by Crippen LogP contribution is -2.23. The minimum Gasteiger partial charge on any atom is -0.393 e. The van der Waals surface area contributed by atoms with Crippen molar-refractivity contribution >= 4 is 21.6 Å². The number of nitrogens with one attached hydrogen (secondary N) is 1. The summed E-state index contributed by atoms with van der Waals surface area (Å²) in [6.45, 7) is 0.981. The van der Waals surface area contributed by atoms with Gasteiger partial charge in [0.15, 0.2) is 0 Å². The summed E-state index contributed by atoms with van der Waals surface area (Å²) in [6.07, 6.45) is 7.66. The Balaban J connectivity index is 1.81. The largest absolute Gasteiger partial charge is 0.393 e. The molecular formula is C12H17BrN2O. The van der Waals surface area contributed by atoms with Gasteiger partial charge in [-0.25, -0.2) is 0 Å². The van der Waals surface area contributed by atoms with Crippen LogP contribution in [-0.2, 0) is 0 Å². The van der Waals surface area contributed by atoms with Crippen LogP contribution in [0.15, 0.2) is 22.9 Å². The number of hydrogen-bond acceptors (Lipinski definition) is 3. The molecular weight excluding hydrogens is 268 g/mol. The highest BCUT2D eigenvalue weighted by molar-refractivity contribution is 9.10. The molecule has 0 aromatic carbocycles. The second-order valence-corrected chi connectivity index (χ2v) is 5.27. The standard InChI is InChI=1S/C12H17BrN2O/c13-11-8-14-6-5-12(11)15-7-9-1-3-10(16)4-2-9/h5-6,8-10,16H,1-4,7H2,(H,14,15). The highest BCUT2D eigenvalue weighted by Crippen LogP contribution is 2.26. The number of anilines is 1. The molecule has 1 heterocycles. The number of aliphatic hydroxyl groups excluding tert-OH is 1. The Bertz CT molecular complexity index is 338. The fourth-order valence-corrected chi connectivity index (χ4v) is 2.51. The molecule has 1 fully saturated rings. The summed E-state index contributed by atoms with van der Waals surface area (Å²) in [4.78, 5) is 4.03. The molecule has 16 heavy (non-hydrogen) atoms. The van der Waals surface area contributed by atoms with E-state index in [0.717, 1.165) is 42.4 Å². The maximum atomic E-state index is 9.42. The summed E-state index contributed by atoms with van der Waals surface area (Å²) in [5, 5.41) is 12.8. The summed E-state index contributed by atoms with van der Waals surface area (Å²) in [7, 11) is 0. The van der Waals surface area contributed by atoms with Gasteiger partial charge in [0.1, 0.15) is 0 Å². The maximum Gasteiger partial charge on any atom is 0.0590 e. The van der Waals surface area contributed by atoms with Gasteiger partial charge >= 0.3 is 0 Å². The van der Waals surface area contributed by atoms with Crippen molar-refractivity contribution in [3.8, 4) is 0 Å². The Morgan fingerprint density at radius 3 is 2.81 bits per heavy atom. The first-order valence-corrected chi connectivity index (χ1v) is 6.56. The average molecular weight is 285 g/mol. The van der Waals surface area contributed by atoms with Crippen LogP contribution >= 0.6 is 15.9 Å². The van der Waals surface area contributed by atoms with Crippen LogP contribution in [0, 0.1) is 5.92 Å². The molecule has 88 valence electrons. The van der Waals surface area contributed by atoms with E-state index in [1.54, 1.807) is 12.4 Å².